The lowest BCUT2D eigenvalue weighted by atomic mass is 9.80. The fraction of sp³-hybridized carbons (Fsp3) is 0.407. The van der Waals surface area contributed by atoms with Gasteiger partial charge in [0.2, 0.25) is 17.2 Å². The number of alkyl carbamates (subject to hydrolysis) is 1. The second-order valence-corrected chi connectivity index (χ2v) is 9.58. The van der Waals surface area contributed by atoms with Crippen LogP contribution in [0.2, 0.25) is 0 Å². The summed E-state index contributed by atoms with van der Waals surface area (Å²) < 4.78 is 16.2. The highest BCUT2D eigenvalue weighted by Gasteiger charge is 2.49. The van der Waals surface area contributed by atoms with Gasteiger partial charge in [0.15, 0.2) is 0 Å². The molecule has 8 nitrogen and oxygen atoms in total. The number of esters is 1. The van der Waals surface area contributed by atoms with Crippen molar-refractivity contribution in [2.75, 3.05) is 6.54 Å². The first-order valence-corrected chi connectivity index (χ1v) is 11.6. The van der Waals surface area contributed by atoms with E-state index in [2.05, 4.69) is 5.32 Å². The van der Waals surface area contributed by atoms with E-state index in [4.69, 9.17) is 14.2 Å². The molecule has 1 unspecified atom stereocenters. The van der Waals surface area contributed by atoms with Crippen LogP contribution in [0.4, 0.5) is 4.79 Å². The number of ether oxygens (including phenoxy) is 3. The second kappa shape index (κ2) is 10.7. The standard InChI is InChI=1S/C27H31NO7/c1-26(2,3)35-25(32)28-14-8-11-20-15-19-16-22(29)27(4,24(31)21(19)17-33-20)34-23(30)13-12-18-9-6-5-7-10-18/h5-7,9-10,15-17H,8,11-14H2,1-4H3,(H,28,32). The third-order valence-corrected chi connectivity index (χ3v) is 5.44. The van der Waals surface area contributed by atoms with E-state index in [1.54, 1.807) is 26.8 Å². The average molecular weight is 482 g/mol. The molecule has 1 aliphatic carbocycles. The Labute approximate surface area is 205 Å². The third kappa shape index (κ3) is 6.91. The molecule has 0 spiro atoms. The topological polar surface area (TPSA) is 108 Å². The minimum atomic E-state index is -1.92. The van der Waals surface area contributed by atoms with Gasteiger partial charge in [-0.05, 0) is 63.8 Å². The summed E-state index contributed by atoms with van der Waals surface area (Å²) in [6.07, 6.45) is 5.25. The minimum absolute atomic E-state index is 0.0493. The summed E-state index contributed by atoms with van der Waals surface area (Å²) in [7, 11) is 0. The average Bonchev–Trinajstić information content (AvgIpc) is 2.79. The van der Waals surface area contributed by atoms with E-state index in [-0.39, 0.29) is 12.0 Å². The molecule has 186 valence electrons. The SMILES string of the molecule is CC(C)(C)OC(=O)NCCCC1=CC2=CC(=O)C(C)(OC(=O)CCc3ccccc3)C(=O)C2=CO1. The molecule has 0 bridgehead atoms. The number of Topliss-reactive ketones (excluding diaryl/α,β-unsaturated/α-hetero) is 1. The molecule has 0 aromatic heterocycles. The van der Waals surface area contributed by atoms with E-state index in [9.17, 15) is 19.2 Å². The molecule has 0 fully saturated rings. The number of carbonyl (C=O) groups excluding carboxylic acids is 4. The molecule has 1 aliphatic heterocycles. The zero-order valence-electron chi connectivity index (χ0n) is 20.5. The number of ketones is 2. The fourth-order valence-electron chi connectivity index (χ4n) is 3.60. The van der Waals surface area contributed by atoms with Gasteiger partial charge in [0.1, 0.15) is 17.6 Å². The van der Waals surface area contributed by atoms with Crippen molar-refractivity contribution in [3.8, 4) is 0 Å². The van der Waals surface area contributed by atoms with E-state index in [1.165, 1.54) is 19.3 Å². The molecule has 3 rings (SSSR count). The molecule has 1 heterocycles. The first kappa shape index (κ1) is 25.9. The predicted octanol–water partition coefficient (Wildman–Crippen LogP) is 4.10. The quantitative estimate of drug-likeness (QED) is 0.338. The van der Waals surface area contributed by atoms with Gasteiger partial charge in [-0.1, -0.05) is 30.3 Å². The predicted molar refractivity (Wildman–Crippen MR) is 128 cm³/mol. The smallest absolute Gasteiger partial charge is 0.407 e. The number of hydrogen-bond acceptors (Lipinski definition) is 7. The molecule has 1 atom stereocenters. The molecule has 1 N–H and O–H groups in total. The molecular weight excluding hydrogens is 450 g/mol. The number of benzene rings is 1. The number of hydrogen-bond donors (Lipinski definition) is 1. The van der Waals surface area contributed by atoms with Gasteiger partial charge in [0.25, 0.3) is 0 Å². The number of carbonyl (C=O) groups is 4. The van der Waals surface area contributed by atoms with Crippen LogP contribution in [0.1, 0.15) is 52.5 Å². The molecule has 2 aliphatic rings. The summed E-state index contributed by atoms with van der Waals surface area (Å²) >= 11 is 0. The van der Waals surface area contributed by atoms with Crippen molar-refractivity contribution in [2.45, 2.75) is 64.6 Å². The van der Waals surface area contributed by atoms with Crippen LogP contribution in [0.3, 0.4) is 0 Å². The molecule has 1 amide bonds. The van der Waals surface area contributed by atoms with Gasteiger partial charge in [0.05, 0.1) is 5.57 Å². The Kier molecular flexibility index (Phi) is 7.94. The Morgan fingerprint density at radius 1 is 1.06 bits per heavy atom. The molecule has 1 aromatic carbocycles. The lowest BCUT2D eigenvalue weighted by Gasteiger charge is -2.31. The van der Waals surface area contributed by atoms with Gasteiger partial charge in [-0.25, -0.2) is 4.79 Å². The summed E-state index contributed by atoms with van der Waals surface area (Å²) in [5.41, 5.74) is -0.939. The zero-order valence-corrected chi connectivity index (χ0v) is 20.5. The van der Waals surface area contributed by atoms with Gasteiger partial charge in [0, 0.05) is 19.4 Å². The van der Waals surface area contributed by atoms with E-state index >= 15 is 0 Å². The Hall–Kier alpha value is -3.68. The number of fused-ring (bicyclic) bond motifs is 1. The van der Waals surface area contributed by atoms with Gasteiger partial charge >= 0.3 is 12.1 Å². The lowest BCUT2D eigenvalue weighted by molar-refractivity contribution is -0.168. The summed E-state index contributed by atoms with van der Waals surface area (Å²) in [6, 6.07) is 9.41. The third-order valence-electron chi connectivity index (χ3n) is 5.44. The molecule has 1 aromatic rings. The Bertz CT molecular complexity index is 1090. The molecule has 0 radical (unpaired) electrons. The van der Waals surface area contributed by atoms with Crippen LogP contribution in [0.5, 0.6) is 0 Å². The zero-order chi connectivity index (χ0) is 25.6. The number of amides is 1. The van der Waals surface area contributed by atoms with E-state index in [1.807, 2.05) is 30.3 Å². The first-order valence-electron chi connectivity index (χ1n) is 11.6. The highest BCUT2D eigenvalue weighted by molar-refractivity contribution is 6.26. The normalized spacial score (nSPS) is 19.5. The lowest BCUT2D eigenvalue weighted by Crippen LogP contribution is -2.50. The number of aryl methyl sites for hydroxylation is 1. The molecular formula is C27H31NO7. The highest BCUT2D eigenvalue weighted by atomic mass is 16.6. The highest BCUT2D eigenvalue weighted by Crippen LogP contribution is 2.34. The van der Waals surface area contributed by atoms with Crippen molar-refractivity contribution in [1.29, 1.82) is 0 Å². The monoisotopic (exact) mass is 481 g/mol. The molecule has 0 saturated heterocycles. The molecule has 35 heavy (non-hydrogen) atoms. The maximum Gasteiger partial charge on any atom is 0.407 e. The van der Waals surface area contributed by atoms with Gasteiger partial charge in [-0.2, -0.15) is 0 Å². The fourth-order valence-corrected chi connectivity index (χ4v) is 3.60. The number of allylic oxidation sites excluding steroid dienone is 3. The number of nitrogens with one attached hydrogen (secondary N) is 1. The van der Waals surface area contributed by atoms with Crippen LogP contribution in [-0.4, -0.2) is 41.4 Å². The van der Waals surface area contributed by atoms with Crippen LogP contribution < -0.4 is 5.32 Å². The maximum atomic E-state index is 13.1. The Morgan fingerprint density at radius 3 is 2.46 bits per heavy atom. The van der Waals surface area contributed by atoms with E-state index in [0.717, 1.165) is 5.56 Å². The molecule has 0 saturated carbocycles. The Morgan fingerprint density at radius 2 is 1.77 bits per heavy atom. The summed E-state index contributed by atoms with van der Waals surface area (Å²) in [6.45, 7) is 7.05. The van der Waals surface area contributed by atoms with Crippen molar-refractivity contribution < 1.29 is 33.4 Å². The maximum absolute atomic E-state index is 13.1. The van der Waals surface area contributed by atoms with Crippen LogP contribution >= 0.6 is 0 Å². The van der Waals surface area contributed by atoms with Crippen molar-refractivity contribution in [3.05, 3.63) is 71.2 Å². The van der Waals surface area contributed by atoms with Crippen molar-refractivity contribution in [2.24, 2.45) is 0 Å². The van der Waals surface area contributed by atoms with Crippen LogP contribution in [-0.2, 0) is 35.0 Å². The largest absolute Gasteiger partial charge is 0.469 e. The van der Waals surface area contributed by atoms with Crippen LogP contribution in [0.15, 0.2) is 65.7 Å². The minimum Gasteiger partial charge on any atom is -0.469 e. The van der Waals surface area contributed by atoms with Gasteiger partial charge in [-0.15, -0.1) is 0 Å². The summed E-state index contributed by atoms with van der Waals surface area (Å²) in [5, 5.41) is 2.67. The van der Waals surface area contributed by atoms with Crippen molar-refractivity contribution in [3.63, 3.8) is 0 Å². The first-order chi connectivity index (χ1) is 16.5. The molecule has 8 heteroatoms. The summed E-state index contributed by atoms with van der Waals surface area (Å²) in [4.78, 5) is 50.0. The second-order valence-electron chi connectivity index (χ2n) is 9.58. The van der Waals surface area contributed by atoms with E-state index < -0.39 is 34.8 Å². The van der Waals surface area contributed by atoms with Gasteiger partial charge in [-0.3, -0.25) is 14.4 Å². The van der Waals surface area contributed by atoms with Crippen LogP contribution in [0, 0.1) is 0 Å². The Balaban J connectivity index is 1.56. The van der Waals surface area contributed by atoms with Crippen molar-refractivity contribution >= 4 is 23.6 Å². The van der Waals surface area contributed by atoms with Gasteiger partial charge < -0.3 is 19.5 Å². The van der Waals surface area contributed by atoms with E-state index in [0.29, 0.717) is 37.1 Å². The number of rotatable bonds is 8. The van der Waals surface area contributed by atoms with Crippen molar-refractivity contribution in [1.82, 2.24) is 5.32 Å². The summed E-state index contributed by atoms with van der Waals surface area (Å²) in [5.74, 6) is -1.28. The van der Waals surface area contributed by atoms with Crippen LogP contribution in [0.25, 0.3) is 0 Å².